The molecule has 1 amide bonds. The van der Waals surface area contributed by atoms with E-state index < -0.39 is 0 Å². The summed E-state index contributed by atoms with van der Waals surface area (Å²) in [6.45, 7) is 9.55. The minimum Gasteiger partial charge on any atom is -0.444 e. The van der Waals surface area contributed by atoms with Gasteiger partial charge in [0.05, 0.1) is 6.20 Å². The van der Waals surface area contributed by atoms with E-state index in [4.69, 9.17) is 4.74 Å². The fourth-order valence-electron chi connectivity index (χ4n) is 3.52. The predicted molar refractivity (Wildman–Crippen MR) is 124 cm³/mol. The minimum absolute atomic E-state index is 0.167. The normalized spacial score (nSPS) is 13.6. The number of anilines is 1. The van der Waals surface area contributed by atoms with Crippen LogP contribution in [0.25, 0.3) is 16.8 Å². The molecule has 1 aliphatic rings. The van der Waals surface area contributed by atoms with Crippen LogP contribution < -0.4 is 5.32 Å². The molecule has 1 aliphatic heterocycles. The predicted octanol–water partition coefficient (Wildman–Crippen LogP) is 5.02. The molecule has 4 rings (SSSR count). The van der Waals surface area contributed by atoms with Crippen LogP contribution in [0.4, 0.5) is 10.6 Å². The fraction of sp³-hybridized carbons (Fsp3) is 0.458. The van der Waals surface area contributed by atoms with E-state index in [0.717, 1.165) is 49.4 Å². The first-order valence-corrected chi connectivity index (χ1v) is 10.9. The SMILES string of the molecule is CC(C)(C)OC(=O)N1CCCC1.CCc1ccccc1-c1cnn2ccc(NC)nc12. The van der Waals surface area contributed by atoms with E-state index in [1.807, 2.05) is 50.8 Å². The summed E-state index contributed by atoms with van der Waals surface area (Å²) >= 11 is 0. The Morgan fingerprint density at radius 3 is 2.48 bits per heavy atom. The molecule has 0 atom stereocenters. The molecule has 7 heteroatoms. The Labute approximate surface area is 184 Å². The molecule has 0 spiro atoms. The zero-order valence-electron chi connectivity index (χ0n) is 19.2. The third-order valence-corrected chi connectivity index (χ3v) is 5.07. The number of nitrogens with zero attached hydrogens (tertiary/aromatic N) is 4. The fourth-order valence-corrected chi connectivity index (χ4v) is 3.52. The molecule has 0 aliphatic carbocycles. The summed E-state index contributed by atoms with van der Waals surface area (Å²) in [5.74, 6) is 0.850. The van der Waals surface area contributed by atoms with Crippen LogP contribution in [-0.4, -0.2) is 51.3 Å². The van der Waals surface area contributed by atoms with Crippen molar-refractivity contribution in [2.75, 3.05) is 25.5 Å². The molecule has 1 N–H and O–H groups in total. The molecule has 0 unspecified atom stereocenters. The molecule has 1 saturated heterocycles. The number of ether oxygens (including phenoxy) is 1. The van der Waals surface area contributed by atoms with Gasteiger partial charge in [-0.15, -0.1) is 0 Å². The number of hydrogen-bond donors (Lipinski definition) is 1. The van der Waals surface area contributed by atoms with Crippen molar-refractivity contribution in [2.24, 2.45) is 0 Å². The number of aryl methyl sites for hydroxylation is 1. The van der Waals surface area contributed by atoms with E-state index in [1.54, 1.807) is 4.90 Å². The van der Waals surface area contributed by atoms with Gasteiger partial charge in [-0.2, -0.15) is 5.10 Å². The minimum atomic E-state index is -0.361. The quantitative estimate of drug-likeness (QED) is 0.641. The van der Waals surface area contributed by atoms with Crippen molar-refractivity contribution in [2.45, 2.75) is 52.6 Å². The average molecular weight is 424 g/mol. The molecule has 31 heavy (non-hydrogen) atoms. The van der Waals surface area contributed by atoms with Crippen molar-refractivity contribution in [1.29, 1.82) is 0 Å². The van der Waals surface area contributed by atoms with Crippen LogP contribution in [0.5, 0.6) is 0 Å². The first-order chi connectivity index (χ1) is 14.8. The zero-order chi connectivity index (χ0) is 22.4. The van der Waals surface area contributed by atoms with E-state index in [9.17, 15) is 4.79 Å². The van der Waals surface area contributed by atoms with E-state index >= 15 is 0 Å². The van der Waals surface area contributed by atoms with Crippen LogP contribution in [0.3, 0.4) is 0 Å². The third kappa shape index (κ3) is 5.75. The number of amides is 1. The number of rotatable bonds is 3. The second kappa shape index (κ2) is 9.81. The molecule has 0 saturated carbocycles. The van der Waals surface area contributed by atoms with Gasteiger partial charge in [0.2, 0.25) is 0 Å². The standard InChI is InChI=1S/C15H16N4.C9H17NO2/c1-3-11-6-4-5-7-12(11)13-10-17-19-9-8-14(16-2)18-15(13)19;1-9(2,3)12-8(11)10-6-4-5-7-10/h4-10H,3H2,1-2H3,(H,16,18);4-7H2,1-3H3. The summed E-state index contributed by atoms with van der Waals surface area (Å²) in [4.78, 5) is 17.7. The number of likely N-dealkylation sites (tertiary alicyclic amines) is 1. The van der Waals surface area contributed by atoms with Gasteiger partial charge >= 0.3 is 6.09 Å². The molecule has 0 radical (unpaired) electrons. The van der Waals surface area contributed by atoms with E-state index in [-0.39, 0.29) is 11.7 Å². The van der Waals surface area contributed by atoms with Crippen LogP contribution >= 0.6 is 0 Å². The van der Waals surface area contributed by atoms with Gasteiger partial charge < -0.3 is 15.0 Å². The summed E-state index contributed by atoms with van der Waals surface area (Å²) in [7, 11) is 1.87. The third-order valence-electron chi connectivity index (χ3n) is 5.07. The van der Waals surface area contributed by atoms with Crippen molar-refractivity contribution in [1.82, 2.24) is 19.5 Å². The van der Waals surface area contributed by atoms with Crippen LogP contribution in [0, 0.1) is 0 Å². The number of benzene rings is 1. The van der Waals surface area contributed by atoms with Gasteiger partial charge in [-0.3, -0.25) is 0 Å². The lowest BCUT2D eigenvalue weighted by Crippen LogP contribution is -2.34. The van der Waals surface area contributed by atoms with Crippen molar-refractivity contribution in [3.63, 3.8) is 0 Å². The Hall–Kier alpha value is -3.09. The summed E-state index contributed by atoms with van der Waals surface area (Å²) in [6.07, 6.45) is 6.86. The van der Waals surface area contributed by atoms with Crippen LogP contribution in [0.1, 0.15) is 46.1 Å². The molecule has 3 heterocycles. The van der Waals surface area contributed by atoms with E-state index in [1.165, 1.54) is 11.1 Å². The maximum Gasteiger partial charge on any atom is 0.410 e. The van der Waals surface area contributed by atoms with Gasteiger partial charge in [0, 0.05) is 31.9 Å². The van der Waals surface area contributed by atoms with Gasteiger partial charge in [-0.05, 0) is 57.2 Å². The number of aromatic nitrogens is 3. The van der Waals surface area contributed by atoms with Crippen molar-refractivity contribution < 1.29 is 9.53 Å². The lowest BCUT2D eigenvalue weighted by Gasteiger charge is -2.23. The molecule has 3 aromatic rings. The zero-order valence-corrected chi connectivity index (χ0v) is 19.2. The first-order valence-electron chi connectivity index (χ1n) is 10.9. The van der Waals surface area contributed by atoms with Gasteiger partial charge in [0.1, 0.15) is 11.4 Å². The Kier molecular flexibility index (Phi) is 7.15. The van der Waals surface area contributed by atoms with Crippen molar-refractivity contribution >= 4 is 17.6 Å². The number of hydrogen-bond acceptors (Lipinski definition) is 5. The smallest absolute Gasteiger partial charge is 0.410 e. The highest BCUT2D eigenvalue weighted by molar-refractivity contribution is 5.79. The molecule has 2 aromatic heterocycles. The van der Waals surface area contributed by atoms with Gasteiger partial charge in [0.25, 0.3) is 0 Å². The maximum absolute atomic E-state index is 11.4. The highest BCUT2D eigenvalue weighted by Crippen LogP contribution is 2.27. The number of carbonyl (C=O) groups excluding carboxylic acids is 1. The number of fused-ring (bicyclic) bond motifs is 1. The highest BCUT2D eigenvalue weighted by Gasteiger charge is 2.23. The lowest BCUT2D eigenvalue weighted by atomic mass is 10.0. The van der Waals surface area contributed by atoms with Crippen molar-refractivity contribution in [3.8, 4) is 11.1 Å². The number of nitrogens with one attached hydrogen (secondary N) is 1. The number of carbonyl (C=O) groups is 1. The first kappa shape index (κ1) is 22.6. The second-order valence-corrected chi connectivity index (χ2v) is 8.57. The molecule has 1 aromatic carbocycles. The Balaban J connectivity index is 0.000000196. The van der Waals surface area contributed by atoms with Crippen LogP contribution in [-0.2, 0) is 11.2 Å². The Morgan fingerprint density at radius 2 is 1.84 bits per heavy atom. The van der Waals surface area contributed by atoms with Gasteiger partial charge in [-0.25, -0.2) is 14.3 Å². The van der Waals surface area contributed by atoms with Crippen LogP contribution in [0.2, 0.25) is 0 Å². The summed E-state index contributed by atoms with van der Waals surface area (Å²) < 4.78 is 7.02. The molecule has 7 nitrogen and oxygen atoms in total. The monoisotopic (exact) mass is 423 g/mol. The largest absolute Gasteiger partial charge is 0.444 e. The van der Waals surface area contributed by atoms with Crippen LogP contribution in [0.15, 0.2) is 42.7 Å². The Morgan fingerprint density at radius 1 is 1.13 bits per heavy atom. The summed E-state index contributed by atoms with van der Waals surface area (Å²) in [6, 6.07) is 10.3. The highest BCUT2D eigenvalue weighted by atomic mass is 16.6. The van der Waals surface area contributed by atoms with E-state index in [0.29, 0.717) is 0 Å². The Bertz CT molecular complexity index is 1020. The summed E-state index contributed by atoms with van der Waals surface area (Å²) in [5, 5.41) is 7.44. The maximum atomic E-state index is 11.4. The molecule has 0 bridgehead atoms. The summed E-state index contributed by atoms with van der Waals surface area (Å²) in [5.41, 5.74) is 4.12. The van der Waals surface area contributed by atoms with Gasteiger partial charge in [0.15, 0.2) is 5.65 Å². The molecular formula is C24H33N5O2. The van der Waals surface area contributed by atoms with Gasteiger partial charge in [-0.1, -0.05) is 31.2 Å². The van der Waals surface area contributed by atoms with Crippen molar-refractivity contribution in [3.05, 3.63) is 48.3 Å². The molecular weight excluding hydrogens is 390 g/mol. The molecule has 1 fully saturated rings. The van der Waals surface area contributed by atoms with E-state index in [2.05, 4.69) is 46.6 Å². The lowest BCUT2D eigenvalue weighted by molar-refractivity contribution is 0.0295. The average Bonchev–Trinajstić information content (AvgIpc) is 3.42. The second-order valence-electron chi connectivity index (χ2n) is 8.57. The topological polar surface area (TPSA) is 71.8 Å². The molecule has 166 valence electrons.